The molecule has 5 nitrogen and oxygen atoms in total. The van der Waals surface area contributed by atoms with Crippen molar-refractivity contribution in [3.8, 4) is 0 Å². The first kappa shape index (κ1) is 13.9. The normalized spacial score (nSPS) is 10.2. The lowest BCUT2D eigenvalue weighted by Crippen LogP contribution is -2.26. The van der Waals surface area contributed by atoms with Gasteiger partial charge in [0.2, 0.25) is 0 Å². The predicted octanol–water partition coefficient (Wildman–Crippen LogP) is 2.15. The lowest BCUT2D eigenvalue weighted by atomic mass is 10.2. The fourth-order valence-electron chi connectivity index (χ4n) is 1.98. The van der Waals surface area contributed by atoms with Crippen molar-refractivity contribution in [2.75, 3.05) is 17.2 Å². The zero-order valence-corrected chi connectivity index (χ0v) is 11.1. The minimum atomic E-state index is -0.828. The first-order valence-corrected chi connectivity index (χ1v) is 6.38. The van der Waals surface area contributed by atoms with E-state index in [9.17, 15) is 4.79 Å². The topological polar surface area (TPSA) is 79.5 Å². The fourth-order valence-corrected chi connectivity index (χ4v) is 1.98. The summed E-state index contributed by atoms with van der Waals surface area (Å²) >= 11 is 0. The van der Waals surface area contributed by atoms with E-state index >= 15 is 0 Å². The number of para-hydroxylation sites is 2. The van der Waals surface area contributed by atoms with Crippen LogP contribution in [0.15, 0.2) is 48.7 Å². The Kier molecular flexibility index (Phi) is 4.55. The summed E-state index contributed by atoms with van der Waals surface area (Å²) < 4.78 is 0. The number of carboxylic acid groups (broad SMARTS) is 1. The summed E-state index contributed by atoms with van der Waals surface area (Å²) in [5.74, 6) is -0.828. The van der Waals surface area contributed by atoms with Crippen LogP contribution in [0.1, 0.15) is 12.1 Å². The van der Waals surface area contributed by atoms with Crippen molar-refractivity contribution in [3.05, 3.63) is 54.4 Å². The second-order valence-corrected chi connectivity index (χ2v) is 4.45. The molecule has 0 radical (unpaired) electrons. The number of hydrogen-bond donors (Lipinski definition) is 2. The van der Waals surface area contributed by atoms with E-state index in [0.717, 1.165) is 11.4 Å². The summed E-state index contributed by atoms with van der Waals surface area (Å²) in [5, 5.41) is 8.87. The third kappa shape index (κ3) is 3.71. The molecular formula is C15H17N3O2. The number of nitrogens with two attached hydrogens (primary N) is 1. The maximum absolute atomic E-state index is 10.8. The predicted molar refractivity (Wildman–Crippen MR) is 78.4 cm³/mol. The molecule has 0 fully saturated rings. The van der Waals surface area contributed by atoms with Gasteiger partial charge in [0.25, 0.3) is 0 Å². The molecule has 2 aromatic rings. The van der Waals surface area contributed by atoms with Gasteiger partial charge in [-0.2, -0.15) is 0 Å². The van der Waals surface area contributed by atoms with Crippen molar-refractivity contribution in [2.24, 2.45) is 0 Å². The molecule has 3 N–H and O–H groups in total. The van der Waals surface area contributed by atoms with Crippen LogP contribution in [0.4, 0.5) is 11.4 Å². The van der Waals surface area contributed by atoms with Gasteiger partial charge in [-0.3, -0.25) is 9.78 Å². The Hall–Kier alpha value is -2.56. The summed E-state index contributed by atoms with van der Waals surface area (Å²) in [6, 6.07) is 13.1. The van der Waals surface area contributed by atoms with Crippen LogP contribution in [0.25, 0.3) is 0 Å². The molecule has 0 spiro atoms. The monoisotopic (exact) mass is 271 g/mol. The molecule has 1 aromatic heterocycles. The molecule has 1 aromatic carbocycles. The largest absolute Gasteiger partial charge is 0.481 e. The lowest BCUT2D eigenvalue weighted by Gasteiger charge is -2.25. The van der Waals surface area contributed by atoms with Crippen molar-refractivity contribution >= 4 is 17.3 Å². The van der Waals surface area contributed by atoms with Crippen LogP contribution >= 0.6 is 0 Å². The van der Waals surface area contributed by atoms with E-state index in [1.54, 1.807) is 6.20 Å². The third-order valence-electron chi connectivity index (χ3n) is 2.95. The summed E-state index contributed by atoms with van der Waals surface area (Å²) in [7, 11) is 0. The first-order valence-electron chi connectivity index (χ1n) is 6.38. The van der Waals surface area contributed by atoms with Crippen molar-refractivity contribution < 1.29 is 9.90 Å². The van der Waals surface area contributed by atoms with E-state index in [-0.39, 0.29) is 6.42 Å². The molecular weight excluding hydrogens is 254 g/mol. The average molecular weight is 271 g/mol. The summed E-state index contributed by atoms with van der Waals surface area (Å²) in [4.78, 5) is 17.0. The molecule has 0 amide bonds. The average Bonchev–Trinajstić information content (AvgIpc) is 2.45. The molecule has 5 heteroatoms. The van der Waals surface area contributed by atoms with Crippen molar-refractivity contribution in [3.63, 3.8) is 0 Å². The van der Waals surface area contributed by atoms with Crippen LogP contribution in [0, 0.1) is 0 Å². The number of rotatable bonds is 6. The Balaban J connectivity index is 2.20. The number of carboxylic acids is 1. The van der Waals surface area contributed by atoms with E-state index in [1.807, 2.05) is 47.4 Å². The van der Waals surface area contributed by atoms with E-state index in [4.69, 9.17) is 10.8 Å². The summed E-state index contributed by atoms with van der Waals surface area (Å²) in [6.07, 6.45) is 1.78. The Labute approximate surface area is 117 Å². The number of nitrogen functional groups attached to an aromatic ring is 1. The van der Waals surface area contributed by atoms with Gasteiger partial charge in [0.1, 0.15) is 0 Å². The lowest BCUT2D eigenvalue weighted by molar-refractivity contribution is -0.136. The molecule has 0 saturated carbocycles. The Morgan fingerprint density at radius 3 is 2.60 bits per heavy atom. The molecule has 0 saturated heterocycles. The molecule has 0 aliphatic heterocycles. The minimum Gasteiger partial charge on any atom is -0.481 e. The van der Waals surface area contributed by atoms with Gasteiger partial charge >= 0.3 is 5.97 Å². The summed E-state index contributed by atoms with van der Waals surface area (Å²) in [5.41, 5.74) is 8.31. The number of pyridine rings is 1. The summed E-state index contributed by atoms with van der Waals surface area (Å²) in [6.45, 7) is 0.919. The van der Waals surface area contributed by atoms with Crippen LogP contribution in [0.2, 0.25) is 0 Å². The second kappa shape index (κ2) is 6.56. The van der Waals surface area contributed by atoms with Crippen LogP contribution in [-0.2, 0) is 11.3 Å². The van der Waals surface area contributed by atoms with Gasteiger partial charge in [0.05, 0.1) is 30.0 Å². The van der Waals surface area contributed by atoms with E-state index in [2.05, 4.69) is 4.98 Å². The molecule has 0 aliphatic rings. The molecule has 0 atom stereocenters. The van der Waals surface area contributed by atoms with Gasteiger partial charge in [-0.05, 0) is 24.3 Å². The van der Waals surface area contributed by atoms with E-state index in [0.29, 0.717) is 18.8 Å². The highest BCUT2D eigenvalue weighted by atomic mass is 16.4. The highest BCUT2D eigenvalue weighted by molar-refractivity contribution is 5.70. The van der Waals surface area contributed by atoms with Gasteiger partial charge in [0, 0.05) is 12.7 Å². The van der Waals surface area contributed by atoms with Crippen molar-refractivity contribution in [2.45, 2.75) is 13.0 Å². The van der Waals surface area contributed by atoms with Gasteiger partial charge in [-0.1, -0.05) is 18.2 Å². The highest BCUT2D eigenvalue weighted by Gasteiger charge is 2.12. The Morgan fingerprint density at radius 2 is 1.95 bits per heavy atom. The van der Waals surface area contributed by atoms with Gasteiger partial charge < -0.3 is 15.7 Å². The number of anilines is 2. The Bertz CT molecular complexity index is 572. The van der Waals surface area contributed by atoms with Crippen LogP contribution in [-0.4, -0.2) is 22.6 Å². The van der Waals surface area contributed by atoms with Crippen LogP contribution < -0.4 is 10.6 Å². The zero-order chi connectivity index (χ0) is 14.4. The Morgan fingerprint density at radius 1 is 1.20 bits per heavy atom. The van der Waals surface area contributed by atoms with Crippen molar-refractivity contribution in [1.29, 1.82) is 0 Å². The number of nitrogens with zero attached hydrogens (tertiary/aromatic N) is 2. The zero-order valence-electron chi connectivity index (χ0n) is 11.1. The number of aromatic nitrogens is 1. The van der Waals surface area contributed by atoms with E-state index < -0.39 is 5.97 Å². The maximum Gasteiger partial charge on any atom is 0.305 e. The van der Waals surface area contributed by atoms with Gasteiger partial charge in [-0.25, -0.2) is 0 Å². The van der Waals surface area contributed by atoms with E-state index in [1.165, 1.54) is 0 Å². The number of benzene rings is 1. The second-order valence-electron chi connectivity index (χ2n) is 4.45. The fraction of sp³-hybridized carbons (Fsp3) is 0.200. The van der Waals surface area contributed by atoms with Crippen LogP contribution in [0.5, 0.6) is 0 Å². The highest BCUT2D eigenvalue weighted by Crippen LogP contribution is 2.24. The number of carbonyl (C=O) groups is 1. The molecule has 0 bridgehead atoms. The molecule has 1 heterocycles. The molecule has 2 rings (SSSR count). The van der Waals surface area contributed by atoms with Crippen molar-refractivity contribution in [1.82, 2.24) is 4.98 Å². The molecule has 20 heavy (non-hydrogen) atoms. The minimum absolute atomic E-state index is 0.0567. The van der Waals surface area contributed by atoms with Gasteiger partial charge in [0.15, 0.2) is 0 Å². The molecule has 104 valence electrons. The van der Waals surface area contributed by atoms with Crippen LogP contribution in [0.3, 0.4) is 0 Å². The maximum atomic E-state index is 10.8. The molecule has 0 unspecified atom stereocenters. The smallest absolute Gasteiger partial charge is 0.305 e. The standard InChI is InChI=1S/C15H17N3O2/c16-13-6-1-2-7-14(13)18(10-8-15(19)20)11-12-5-3-4-9-17-12/h1-7,9H,8,10-11,16H2,(H,19,20). The third-order valence-corrected chi connectivity index (χ3v) is 2.95. The first-order chi connectivity index (χ1) is 9.66. The quantitative estimate of drug-likeness (QED) is 0.787. The molecule has 0 aliphatic carbocycles. The number of hydrogen-bond acceptors (Lipinski definition) is 4. The van der Waals surface area contributed by atoms with Gasteiger partial charge in [-0.15, -0.1) is 0 Å². The SMILES string of the molecule is Nc1ccccc1N(CCC(=O)O)Cc1ccccn1. The number of aliphatic carboxylic acids is 1.